The van der Waals surface area contributed by atoms with Gasteiger partial charge in [0.05, 0.1) is 20.3 Å². The number of hydrogen-bond donors (Lipinski definition) is 1. The highest BCUT2D eigenvalue weighted by atomic mass is 16.5. The maximum Gasteiger partial charge on any atom is 0.220 e. The normalized spacial score (nSPS) is 11.1. The predicted molar refractivity (Wildman–Crippen MR) is 122 cm³/mol. The topological polar surface area (TPSA) is 87.3 Å². The molecule has 1 aromatic rings. The van der Waals surface area contributed by atoms with E-state index in [1.165, 1.54) is 64.2 Å². The zero-order chi connectivity index (χ0) is 21.9. The molecule has 0 aromatic carbocycles. The molecule has 1 aromatic heterocycles. The Morgan fingerprint density at radius 2 is 1.27 bits per heavy atom. The number of nitrogens with two attached hydrogens (primary N) is 1. The Hall–Kier alpha value is -2.11. The number of primary amides is 1. The third-order valence-electron chi connectivity index (χ3n) is 5.13. The molecule has 0 spiro atoms. The Bertz CT molecular complexity index is 583. The van der Waals surface area contributed by atoms with Gasteiger partial charge in [0, 0.05) is 12.8 Å². The van der Waals surface area contributed by atoms with Gasteiger partial charge in [0.25, 0.3) is 0 Å². The van der Waals surface area contributed by atoms with E-state index in [0.717, 1.165) is 31.5 Å². The number of hydrogen-bond acceptors (Lipinski definition) is 5. The molecule has 0 radical (unpaired) electrons. The Labute approximate surface area is 182 Å². The first kappa shape index (κ1) is 25.9. The van der Waals surface area contributed by atoms with E-state index in [9.17, 15) is 4.79 Å². The van der Waals surface area contributed by atoms with E-state index >= 15 is 0 Å². The van der Waals surface area contributed by atoms with Crippen LogP contribution < -0.4 is 15.2 Å². The van der Waals surface area contributed by atoms with Crippen molar-refractivity contribution >= 4 is 5.91 Å². The fourth-order valence-corrected chi connectivity index (χ4v) is 3.35. The van der Waals surface area contributed by atoms with Gasteiger partial charge in [-0.3, -0.25) is 4.79 Å². The molecule has 0 fully saturated rings. The first-order valence-electron chi connectivity index (χ1n) is 11.5. The van der Waals surface area contributed by atoms with Crippen LogP contribution in [-0.2, 0) is 11.2 Å². The van der Waals surface area contributed by atoms with Crippen LogP contribution in [0.5, 0.6) is 11.8 Å². The summed E-state index contributed by atoms with van der Waals surface area (Å²) in [5.74, 6) is 1.74. The maximum atomic E-state index is 10.6. The minimum Gasteiger partial charge on any atom is -0.481 e. The molecule has 6 nitrogen and oxygen atoms in total. The van der Waals surface area contributed by atoms with Gasteiger partial charge in [-0.2, -0.15) is 9.97 Å². The van der Waals surface area contributed by atoms with Crippen molar-refractivity contribution in [3.8, 4) is 11.8 Å². The van der Waals surface area contributed by atoms with Gasteiger partial charge in [-0.25, -0.2) is 0 Å². The second kappa shape index (κ2) is 17.7. The number of nitrogens with zero attached hydrogens (tertiary/aromatic N) is 2. The van der Waals surface area contributed by atoms with Crippen LogP contribution in [0.25, 0.3) is 0 Å². The summed E-state index contributed by atoms with van der Waals surface area (Å²) in [6.45, 7) is 0. The van der Waals surface area contributed by atoms with E-state index in [0.29, 0.717) is 18.2 Å². The van der Waals surface area contributed by atoms with Gasteiger partial charge in [-0.15, -0.1) is 0 Å². The second-order valence-corrected chi connectivity index (χ2v) is 7.77. The van der Waals surface area contributed by atoms with Crippen molar-refractivity contribution in [3.63, 3.8) is 0 Å². The monoisotopic (exact) mass is 419 g/mol. The van der Waals surface area contributed by atoms with Crippen LogP contribution in [0.1, 0.15) is 95.7 Å². The van der Waals surface area contributed by atoms with Crippen molar-refractivity contribution in [2.75, 3.05) is 14.2 Å². The summed E-state index contributed by atoms with van der Waals surface area (Å²) in [5, 5.41) is 0. The molecule has 2 N–H and O–H groups in total. The summed E-state index contributed by atoms with van der Waals surface area (Å²) in [4.78, 5) is 19.4. The Kier molecular flexibility index (Phi) is 15.3. The van der Waals surface area contributed by atoms with E-state index < -0.39 is 0 Å². The van der Waals surface area contributed by atoms with Crippen molar-refractivity contribution in [3.05, 3.63) is 24.0 Å². The van der Waals surface area contributed by atoms with Gasteiger partial charge in [0.15, 0.2) is 0 Å². The smallest absolute Gasteiger partial charge is 0.220 e. The van der Waals surface area contributed by atoms with Gasteiger partial charge < -0.3 is 15.2 Å². The first-order chi connectivity index (χ1) is 14.7. The molecule has 0 bridgehead atoms. The van der Waals surface area contributed by atoms with Crippen molar-refractivity contribution in [1.82, 2.24) is 9.97 Å². The Balaban J connectivity index is 1.91. The molecule has 0 aliphatic carbocycles. The summed E-state index contributed by atoms with van der Waals surface area (Å²) < 4.78 is 10.4. The summed E-state index contributed by atoms with van der Waals surface area (Å²) in [6, 6.07) is 1.70. The molecular formula is C24H41N3O3. The molecule has 170 valence electrons. The van der Waals surface area contributed by atoms with Crippen molar-refractivity contribution in [2.45, 2.75) is 96.3 Å². The number of aromatic nitrogens is 2. The van der Waals surface area contributed by atoms with Gasteiger partial charge in [0.2, 0.25) is 17.7 Å². The number of methoxy groups -OCH3 is 2. The van der Waals surface area contributed by atoms with Gasteiger partial charge in [0.1, 0.15) is 5.82 Å². The summed E-state index contributed by atoms with van der Waals surface area (Å²) >= 11 is 0. The average molecular weight is 420 g/mol. The van der Waals surface area contributed by atoms with Crippen LogP contribution in [0, 0.1) is 0 Å². The lowest BCUT2D eigenvalue weighted by atomic mass is 10.1. The number of aryl methyl sites for hydroxylation is 1. The minimum atomic E-state index is -0.179. The third kappa shape index (κ3) is 14.0. The lowest BCUT2D eigenvalue weighted by molar-refractivity contribution is -0.118. The number of allylic oxidation sites excluding steroid dienone is 2. The molecule has 0 atom stereocenters. The molecule has 1 amide bonds. The molecule has 30 heavy (non-hydrogen) atoms. The number of unbranched alkanes of at least 4 members (excludes halogenated alkanes) is 11. The third-order valence-corrected chi connectivity index (χ3v) is 5.13. The van der Waals surface area contributed by atoms with Crippen LogP contribution >= 0.6 is 0 Å². The lowest BCUT2D eigenvalue weighted by Gasteiger charge is -2.06. The van der Waals surface area contributed by atoms with E-state index in [1.807, 2.05) is 0 Å². The van der Waals surface area contributed by atoms with Crippen molar-refractivity contribution < 1.29 is 14.3 Å². The fourth-order valence-electron chi connectivity index (χ4n) is 3.35. The highest BCUT2D eigenvalue weighted by Crippen LogP contribution is 2.16. The van der Waals surface area contributed by atoms with Crippen LogP contribution in [0.15, 0.2) is 18.2 Å². The molecular weight excluding hydrogens is 378 g/mol. The SMILES string of the molecule is COc1cc(OC)nc(CCCCCCCCC=CCCCCCCCC(N)=O)n1. The van der Waals surface area contributed by atoms with Crippen LogP contribution in [0.2, 0.25) is 0 Å². The van der Waals surface area contributed by atoms with Crippen LogP contribution in [0.3, 0.4) is 0 Å². The predicted octanol–water partition coefficient (Wildman–Crippen LogP) is 5.54. The van der Waals surface area contributed by atoms with E-state index in [-0.39, 0.29) is 5.91 Å². The lowest BCUT2D eigenvalue weighted by Crippen LogP contribution is -2.09. The zero-order valence-corrected chi connectivity index (χ0v) is 19.0. The molecule has 0 saturated heterocycles. The van der Waals surface area contributed by atoms with Crippen molar-refractivity contribution in [2.24, 2.45) is 5.73 Å². The zero-order valence-electron chi connectivity index (χ0n) is 19.0. The quantitative estimate of drug-likeness (QED) is 0.235. The summed E-state index contributed by atoms with van der Waals surface area (Å²) in [5.41, 5.74) is 5.13. The molecule has 1 heterocycles. The second-order valence-electron chi connectivity index (χ2n) is 7.77. The molecule has 0 saturated carbocycles. The van der Waals surface area contributed by atoms with E-state index in [2.05, 4.69) is 22.1 Å². The standard InChI is InChI=1S/C24H41N3O3/c1-29-23-20-24(30-2)27-22(26-23)19-17-15-13-11-9-7-5-3-4-6-8-10-12-14-16-18-21(25)28/h3-4,20H,5-19H2,1-2H3,(H2,25,28). The minimum absolute atomic E-state index is 0.179. The highest BCUT2D eigenvalue weighted by molar-refractivity contribution is 5.73. The van der Waals surface area contributed by atoms with Crippen LogP contribution in [0.4, 0.5) is 0 Å². The number of amides is 1. The van der Waals surface area contributed by atoms with Gasteiger partial charge in [-0.1, -0.05) is 57.1 Å². The van der Waals surface area contributed by atoms with Gasteiger partial charge >= 0.3 is 0 Å². The average Bonchev–Trinajstić information content (AvgIpc) is 2.75. The number of ether oxygens (including phenoxy) is 2. The molecule has 0 unspecified atom stereocenters. The Morgan fingerprint density at radius 1 is 0.800 bits per heavy atom. The largest absolute Gasteiger partial charge is 0.481 e. The number of carbonyl (C=O) groups excluding carboxylic acids is 1. The van der Waals surface area contributed by atoms with E-state index in [4.69, 9.17) is 15.2 Å². The van der Waals surface area contributed by atoms with Crippen molar-refractivity contribution in [1.29, 1.82) is 0 Å². The van der Waals surface area contributed by atoms with Gasteiger partial charge in [-0.05, 0) is 38.5 Å². The molecule has 6 heteroatoms. The summed E-state index contributed by atoms with van der Waals surface area (Å²) in [6.07, 6.45) is 21.6. The molecule has 0 aliphatic heterocycles. The fraction of sp³-hybridized carbons (Fsp3) is 0.708. The molecule has 1 rings (SSSR count). The van der Waals surface area contributed by atoms with E-state index in [1.54, 1.807) is 20.3 Å². The molecule has 0 aliphatic rings. The highest BCUT2D eigenvalue weighted by Gasteiger charge is 2.05. The number of rotatable bonds is 19. The summed E-state index contributed by atoms with van der Waals surface area (Å²) in [7, 11) is 3.22. The van der Waals surface area contributed by atoms with Crippen LogP contribution in [-0.4, -0.2) is 30.1 Å². The number of carbonyl (C=O) groups is 1. The Morgan fingerprint density at radius 3 is 1.77 bits per heavy atom. The maximum absolute atomic E-state index is 10.6. The first-order valence-corrected chi connectivity index (χ1v) is 11.5.